The van der Waals surface area contributed by atoms with Crippen LogP contribution in [0.5, 0.6) is 0 Å². The summed E-state index contributed by atoms with van der Waals surface area (Å²) in [5, 5.41) is 6.26. The molecule has 0 aromatic carbocycles. The molecular weight excluding hydrogens is 248 g/mol. The van der Waals surface area contributed by atoms with Crippen LogP contribution in [0.2, 0.25) is 0 Å². The smallest absolute Gasteiger partial charge is 0.273 e. The second-order valence-electron chi connectivity index (χ2n) is 4.15. The molecule has 7 nitrogen and oxygen atoms in total. The van der Waals surface area contributed by atoms with Crippen LogP contribution in [0.25, 0.3) is 0 Å². The van der Waals surface area contributed by atoms with E-state index in [4.69, 9.17) is 4.52 Å². The molecule has 1 N–H and O–H groups in total. The number of hydrogen-bond acceptors (Lipinski definition) is 5. The molecule has 7 heteroatoms. The van der Waals surface area contributed by atoms with Crippen molar-refractivity contribution in [1.29, 1.82) is 0 Å². The normalized spacial score (nSPS) is 10.4. The first-order valence-electron chi connectivity index (χ1n) is 5.80. The second-order valence-corrected chi connectivity index (χ2v) is 4.15. The van der Waals surface area contributed by atoms with Gasteiger partial charge in [-0.1, -0.05) is 5.16 Å². The highest BCUT2D eigenvalue weighted by molar-refractivity contribution is 5.92. The summed E-state index contributed by atoms with van der Waals surface area (Å²) in [4.78, 5) is 27.3. The van der Waals surface area contributed by atoms with Crippen LogP contribution in [-0.4, -0.2) is 27.2 Å². The first-order chi connectivity index (χ1) is 9.08. The van der Waals surface area contributed by atoms with Crippen LogP contribution in [0.15, 0.2) is 27.9 Å². The maximum absolute atomic E-state index is 11.7. The van der Waals surface area contributed by atoms with E-state index in [-0.39, 0.29) is 17.2 Å². The van der Waals surface area contributed by atoms with E-state index < -0.39 is 0 Å². The number of nitrogens with zero attached hydrogens (tertiary/aromatic N) is 3. The van der Waals surface area contributed by atoms with Crippen molar-refractivity contribution in [2.24, 2.45) is 0 Å². The topological polar surface area (TPSA) is 90.0 Å². The van der Waals surface area contributed by atoms with Crippen LogP contribution < -0.4 is 10.9 Å². The van der Waals surface area contributed by atoms with E-state index in [1.165, 1.54) is 17.1 Å². The number of amides is 1. The monoisotopic (exact) mass is 262 g/mol. The predicted octanol–water partition coefficient (Wildman–Crippen LogP) is 0.278. The molecule has 0 spiro atoms. The Morgan fingerprint density at radius 1 is 1.47 bits per heavy atom. The standard InChI is InChI=1S/C12H14N4O3/c1-8-6-13-7-16(12(8)18)4-3-14-11(17)10-5-9(2)19-15-10/h5-7H,3-4H2,1-2H3,(H,14,17). The van der Waals surface area contributed by atoms with Gasteiger partial charge in [-0.05, 0) is 13.8 Å². The molecule has 1 amide bonds. The number of rotatable bonds is 4. The summed E-state index contributed by atoms with van der Waals surface area (Å²) < 4.78 is 6.26. The van der Waals surface area contributed by atoms with E-state index in [1.807, 2.05) is 0 Å². The van der Waals surface area contributed by atoms with Gasteiger partial charge < -0.3 is 9.84 Å². The van der Waals surface area contributed by atoms with Crippen LogP contribution in [0, 0.1) is 13.8 Å². The van der Waals surface area contributed by atoms with Crippen LogP contribution >= 0.6 is 0 Å². The van der Waals surface area contributed by atoms with Gasteiger partial charge in [-0.25, -0.2) is 4.98 Å². The number of hydrogen-bond donors (Lipinski definition) is 1. The molecule has 100 valence electrons. The number of carbonyl (C=O) groups is 1. The highest BCUT2D eigenvalue weighted by atomic mass is 16.5. The molecule has 0 atom stereocenters. The highest BCUT2D eigenvalue weighted by Gasteiger charge is 2.10. The molecule has 2 heterocycles. The largest absolute Gasteiger partial charge is 0.361 e. The van der Waals surface area contributed by atoms with E-state index in [1.54, 1.807) is 19.9 Å². The first kappa shape index (κ1) is 13.0. The van der Waals surface area contributed by atoms with E-state index in [0.717, 1.165) is 0 Å². The molecular formula is C12H14N4O3. The maximum Gasteiger partial charge on any atom is 0.273 e. The van der Waals surface area contributed by atoms with Crippen molar-refractivity contribution in [2.45, 2.75) is 20.4 Å². The molecule has 0 radical (unpaired) electrons. The fourth-order valence-corrected chi connectivity index (χ4v) is 1.57. The van der Waals surface area contributed by atoms with Gasteiger partial charge in [0, 0.05) is 30.9 Å². The minimum atomic E-state index is -0.328. The zero-order valence-corrected chi connectivity index (χ0v) is 10.7. The van der Waals surface area contributed by atoms with Gasteiger partial charge in [-0.3, -0.25) is 14.2 Å². The van der Waals surface area contributed by atoms with Crippen LogP contribution in [-0.2, 0) is 6.54 Å². The molecule has 0 aliphatic carbocycles. The van der Waals surface area contributed by atoms with Crippen LogP contribution in [0.1, 0.15) is 21.8 Å². The molecule has 2 rings (SSSR count). The van der Waals surface area contributed by atoms with Gasteiger partial charge in [0.05, 0.1) is 6.33 Å². The fraction of sp³-hybridized carbons (Fsp3) is 0.333. The van der Waals surface area contributed by atoms with Gasteiger partial charge >= 0.3 is 0 Å². The van der Waals surface area contributed by atoms with Crippen molar-refractivity contribution >= 4 is 5.91 Å². The SMILES string of the molecule is Cc1cc(C(=O)NCCn2cncc(C)c2=O)no1. The zero-order valence-electron chi connectivity index (χ0n) is 10.7. The lowest BCUT2D eigenvalue weighted by Crippen LogP contribution is -2.31. The van der Waals surface area contributed by atoms with Crippen LogP contribution in [0.4, 0.5) is 0 Å². The third-order valence-electron chi connectivity index (χ3n) is 2.57. The minimum Gasteiger partial charge on any atom is -0.361 e. The Balaban J connectivity index is 1.92. The Morgan fingerprint density at radius 3 is 2.95 bits per heavy atom. The number of nitrogens with one attached hydrogen (secondary N) is 1. The third-order valence-corrected chi connectivity index (χ3v) is 2.57. The average Bonchev–Trinajstić information content (AvgIpc) is 2.81. The van der Waals surface area contributed by atoms with E-state index in [9.17, 15) is 9.59 Å². The summed E-state index contributed by atoms with van der Waals surface area (Å²) in [6, 6.07) is 1.55. The summed E-state index contributed by atoms with van der Waals surface area (Å²) in [7, 11) is 0. The summed E-state index contributed by atoms with van der Waals surface area (Å²) in [5.74, 6) is 0.245. The molecule has 19 heavy (non-hydrogen) atoms. The lowest BCUT2D eigenvalue weighted by atomic mass is 10.3. The second kappa shape index (κ2) is 5.47. The average molecular weight is 262 g/mol. The minimum absolute atomic E-state index is 0.110. The molecule has 0 saturated carbocycles. The Kier molecular flexibility index (Phi) is 3.74. The Hall–Kier alpha value is -2.44. The van der Waals surface area contributed by atoms with Crippen molar-refractivity contribution in [3.8, 4) is 0 Å². The lowest BCUT2D eigenvalue weighted by molar-refractivity contribution is 0.0943. The summed E-state index contributed by atoms with van der Waals surface area (Å²) >= 11 is 0. The molecule has 0 saturated heterocycles. The highest BCUT2D eigenvalue weighted by Crippen LogP contribution is 2.00. The van der Waals surface area contributed by atoms with Crippen molar-refractivity contribution in [2.75, 3.05) is 6.54 Å². The molecule has 2 aromatic heterocycles. The first-order valence-corrected chi connectivity index (χ1v) is 5.80. The van der Waals surface area contributed by atoms with Gasteiger partial charge in [-0.15, -0.1) is 0 Å². The van der Waals surface area contributed by atoms with Crippen molar-refractivity contribution in [3.63, 3.8) is 0 Å². The van der Waals surface area contributed by atoms with Gasteiger partial charge in [-0.2, -0.15) is 0 Å². The summed E-state index contributed by atoms with van der Waals surface area (Å²) in [6.45, 7) is 4.08. The quantitative estimate of drug-likeness (QED) is 0.854. The number of aryl methyl sites for hydroxylation is 2. The van der Waals surface area contributed by atoms with Crippen molar-refractivity contribution in [3.05, 3.63) is 46.0 Å². The zero-order chi connectivity index (χ0) is 13.8. The van der Waals surface area contributed by atoms with Crippen LogP contribution in [0.3, 0.4) is 0 Å². The van der Waals surface area contributed by atoms with E-state index >= 15 is 0 Å². The molecule has 0 bridgehead atoms. The van der Waals surface area contributed by atoms with Gasteiger partial charge in [0.1, 0.15) is 5.76 Å². The summed E-state index contributed by atoms with van der Waals surface area (Å²) in [6.07, 6.45) is 2.96. The molecule has 0 fully saturated rings. The molecule has 2 aromatic rings. The summed E-state index contributed by atoms with van der Waals surface area (Å²) in [5.41, 5.74) is 0.690. The third kappa shape index (κ3) is 3.06. The van der Waals surface area contributed by atoms with Gasteiger partial charge in [0.15, 0.2) is 5.69 Å². The van der Waals surface area contributed by atoms with Gasteiger partial charge in [0.2, 0.25) is 0 Å². The predicted molar refractivity (Wildman–Crippen MR) is 66.8 cm³/mol. The van der Waals surface area contributed by atoms with Crippen molar-refractivity contribution in [1.82, 2.24) is 20.0 Å². The number of aromatic nitrogens is 3. The fourth-order valence-electron chi connectivity index (χ4n) is 1.57. The van der Waals surface area contributed by atoms with E-state index in [2.05, 4.69) is 15.5 Å². The Bertz CT molecular complexity index is 644. The lowest BCUT2D eigenvalue weighted by Gasteiger charge is -2.06. The molecule has 0 aliphatic rings. The van der Waals surface area contributed by atoms with Crippen molar-refractivity contribution < 1.29 is 9.32 Å². The number of carbonyl (C=O) groups excluding carboxylic acids is 1. The van der Waals surface area contributed by atoms with Gasteiger partial charge in [0.25, 0.3) is 11.5 Å². The van der Waals surface area contributed by atoms with E-state index in [0.29, 0.717) is 24.4 Å². The molecule has 0 unspecified atom stereocenters. The maximum atomic E-state index is 11.7. The Morgan fingerprint density at radius 2 is 2.26 bits per heavy atom. The Labute approximate surface area is 109 Å². The molecule has 0 aliphatic heterocycles.